The van der Waals surface area contributed by atoms with Gasteiger partial charge in [0.15, 0.2) is 0 Å². The quantitative estimate of drug-likeness (QED) is 0.830. The summed E-state index contributed by atoms with van der Waals surface area (Å²) in [5.41, 5.74) is 1.01. The van der Waals surface area contributed by atoms with E-state index < -0.39 is 0 Å². The average Bonchev–Trinajstić information content (AvgIpc) is 2.75. The number of amides is 1. The number of piperazine rings is 1. The van der Waals surface area contributed by atoms with Crippen LogP contribution in [0.3, 0.4) is 0 Å². The number of rotatable bonds is 3. The molecule has 27 heavy (non-hydrogen) atoms. The molecule has 2 saturated heterocycles. The van der Waals surface area contributed by atoms with Crippen LogP contribution in [0.15, 0.2) is 42.7 Å². The van der Waals surface area contributed by atoms with E-state index in [0.29, 0.717) is 25.6 Å². The van der Waals surface area contributed by atoms with E-state index in [2.05, 4.69) is 19.8 Å². The fraction of sp³-hybridized carbons (Fsp3) is 0.450. The van der Waals surface area contributed by atoms with E-state index in [9.17, 15) is 9.18 Å². The van der Waals surface area contributed by atoms with Gasteiger partial charge in [0, 0.05) is 57.3 Å². The van der Waals surface area contributed by atoms with Gasteiger partial charge in [-0.3, -0.25) is 4.79 Å². The average molecular weight is 369 g/mol. The van der Waals surface area contributed by atoms with Crippen molar-refractivity contribution in [1.82, 2.24) is 14.9 Å². The zero-order valence-electron chi connectivity index (χ0n) is 15.3. The summed E-state index contributed by atoms with van der Waals surface area (Å²) < 4.78 is 13.1. The third kappa shape index (κ3) is 4.02. The molecule has 0 radical (unpaired) electrons. The summed E-state index contributed by atoms with van der Waals surface area (Å²) in [5.74, 6) is 0.710. The van der Waals surface area contributed by atoms with Gasteiger partial charge in [0.25, 0.3) is 0 Å². The Bertz CT molecular complexity index is 762. The molecule has 0 saturated carbocycles. The van der Waals surface area contributed by atoms with Crippen molar-refractivity contribution in [1.29, 1.82) is 0 Å². The maximum Gasteiger partial charge on any atom is 0.227 e. The van der Waals surface area contributed by atoms with Gasteiger partial charge in [-0.25, -0.2) is 14.4 Å². The van der Waals surface area contributed by atoms with Crippen LogP contribution in [0.1, 0.15) is 12.8 Å². The van der Waals surface area contributed by atoms with Gasteiger partial charge >= 0.3 is 0 Å². The molecule has 142 valence electrons. The van der Waals surface area contributed by atoms with Crippen LogP contribution in [0.5, 0.6) is 0 Å². The molecule has 2 fully saturated rings. The van der Waals surface area contributed by atoms with Crippen LogP contribution in [0, 0.1) is 11.7 Å². The summed E-state index contributed by atoms with van der Waals surface area (Å²) in [4.78, 5) is 27.9. The minimum Gasteiger partial charge on any atom is -0.368 e. The van der Waals surface area contributed by atoms with Crippen LogP contribution in [0.25, 0.3) is 0 Å². The number of carbonyl (C=O) groups excluding carboxylic acids is 1. The Morgan fingerprint density at radius 1 is 0.963 bits per heavy atom. The zero-order valence-corrected chi connectivity index (χ0v) is 15.3. The second-order valence-corrected chi connectivity index (χ2v) is 7.12. The Kier molecular flexibility index (Phi) is 5.18. The number of nitrogens with zero attached hydrogens (tertiary/aromatic N) is 5. The number of hydrogen-bond acceptors (Lipinski definition) is 5. The molecule has 0 N–H and O–H groups in total. The number of benzene rings is 1. The topological polar surface area (TPSA) is 52.6 Å². The summed E-state index contributed by atoms with van der Waals surface area (Å²) in [5, 5.41) is 0. The molecule has 2 aliphatic rings. The van der Waals surface area contributed by atoms with E-state index in [-0.39, 0.29) is 17.6 Å². The number of carbonyl (C=O) groups is 1. The molecule has 1 atom stereocenters. The lowest BCUT2D eigenvalue weighted by atomic mass is 9.96. The van der Waals surface area contributed by atoms with Crippen LogP contribution in [-0.2, 0) is 4.79 Å². The summed E-state index contributed by atoms with van der Waals surface area (Å²) in [6.07, 6.45) is 5.37. The monoisotopic (exact) mass is 369 g/mol. The van der Waals surface area contributed by atoms with Gasteiger partial charge < -0.3 is 14.7 Å². The second kappa shape index (κ2) is 7.90. The Hall–Kier alpha value is -2.70. The van der Waals surface area contributed by atoms with Gasteiger partial charge in [0.1, 0.15) is 5.82 Å². The first-order valence-electron chi connectivity index (χ1n) is 9.52. The number of aromatic nitrogens is 2. The Morgan fingerprint density at radius 2 is 1.67 bits per heavy atom. The van der Waals surface area contributed by atoms with Crippen LogP contribution in [0.2, 0.25) is 0 Å². The molecule has 4 rings (SSSR count). The predicted molar refractivity (Wildman–Crippen MR) is 102 cm³/mol. The van der Waals surface area contributed by atoms with Gasteiger partial charge in [0.2, 0.25) is 11.9 Å². The van der Waals surface area contributed by atoms with Crippen molar-refractivity contribution in [3.63, 3.8) is 0 Å². The fourth-order valence-corrected chi connectivity index (χ4v) is 3.91. The molecule has 0 unspecified atom stereocenters. The van der Waals surface area contributed by atoms with E-state index in [1.165, 1.54) is 12.1 Å². The predicted octanol–water partition coefficient (Wildman–Crippen LogP) is 2.18. The summed E-state index contributed by atoms with van der Waals surface area (Å²) in [7, 11) is 0. The maximum atomic E-state index is 13.1. The fourth-order valence-electron chi connectivity index (χ4n) is 3.91. The van der Waals surface area contributed by atoms with Gasteiger partial charge in [-0.1, -0.05) is 0 Å². The smallest absolute Gasteiger partial charge is 0.227 e. The van der Waals surface area contributed by atoms with Gasteiger partial charge in [0.05, 0.1) is 5.92 Å². The number of piperidine rings is 1. The molecular weight excluding hydrogens is 345 g/mol. The van der Waals surface area contributed by atoms with Crippen LogP contribution < -0.4 is 9.80 Å². The van der Waals surface area contributed by atoms with E-state index in [1.54, 1.807) is 30.6 Å². The Labute approximate surface area is 158 Å². The number of halogens is 1. The molecular formula is C20H24FN5O. The van der Waals surface area contributed by atoms with Crippen molar-refractivity contribution < 1.29 is 9.18 Å². The van der Waals surface area contributed by atoms with Crippen molar-refractivity contribution in [3.05, 3.63) is 48.5 Å². The maximum absolute atomic E-state index is 13.1. The lowest BCUT2D eigenvalue weighted by Gasteiger charge is -2.39. The molecule has 0 aliphatic carbocycles. The molecule has 2 aromatic rings. The minimum atomic E-state index is -0.225. The third-order valence-corrected chi connectivity index (χ3v) is 5.39. The molecule has 0 spiro atoms. The lowest BCUT2D eigenvalue weighted by molar-refractivity contribution is -0.136. The molecule has 1 amide bonds. The first-order valence-corrected chi connectivity index (χ1v) is 9.52. The number of anilines is 2. The molecule has 1 aromatic heterocycles. The van der Waals surface area contributed by atoms with Crippen molar-refractivity contribution in [3.8, 4) is 0 Å². The summed E-state index contributed by atoms with van der Waals surface area (Å²) in [6, 6.07) is 8.36. The largest absolute Gasteiger partial charge is 0.368 e. The summed E-state index contributed by atoms with van der Waals surface area (Å²) in [6.45, 7) is 4.53. The first kappa shape index (κ1) is 17.7. The Morgan fingerprint density at radius 3 is 2.37 bits per heavy atom. The molecule has 7 heteroatoms. The zero-order chi connectivity index (χ0) is 18.6. The summed E-state index contributed by atoms with van der Waals surface area (Å²) >= 11 is 0. The lowest BCUT2D eigenvalue weighted by Crippen LogP contribution is -2.52. The minimum absolute atomic E-state index is 0.0000673. The van der Waals surface area contributed by atoms with Crippen LogP contribution >= 0.6 is 0 Å². The van der Waals surface area contributed by atoms with Gasteiger partial charge in [-0.2, -0.15) is 0 Å². The normalized spacial score (nSPS) is 20.6. The first-order chi connectivity index (χ1) is 13.2. The third-order valence-electron chi connectivity index (χ3n) is 5.39. The van der Waals surface area contributed by atoms with Gasteiger partial charge in [-0.15, -0.1) is 0 Å². The van der Waals surface area contributed by atoms with Gasteiger partial charge in [-0.05, 0) is 43.2 Å². The molecule has 2 aliphatic heterocycles. The standard InChI is InChI=1S/C20H24FN5O/c21-17-4-6-18(7-5-17)24-11-13-25(14-12-24)19(27)16-3-1-10-26(15-16)20-22-8-2-9-23-20/h2,4-9,16H,1,3,10-15H2/t16-/m1/s1. The molecule has 6 nitrogen and oxygen atoms in total. The molecule has 1 aromatic carbocycles. The van der Waals surface area contributed by atoms with Crippen molar-refractivity contribution in [2.45, 2.75) is 12.8 Å². The van der Waals surface area contributed by atoms with E-state index in [0.717, 1.165) is 38.2 Å². The van der Waals surface area contributed by atoms with Crippen LogP contribution in [-0.4, -0.2) is 60.0 Å². The van der Waals surface area contributed by atoms with E-state index in [1.807, 2.05) is 4.90 Å². The van der Waals surface area contributed by atoms with E-state index in [4.69, 9.17) is 0 Å². The Balaban J connectivity index is 1.34. The SMILES string of the molecule is O=C([C@@H]1CCCN(c2ncccn2)C1)N1CCN(c2ccc(F)cc2)CC1. The highest BCUT2D eigenvalue weighted by atomic mass is 19.1. The number of hydrogen-bond donors (Lipinski definition) is 0. The van der Waals surface area contributed by atoms with Crippen LogP contribution in [0.4, 0.5) is 16.0 Å². The molecule has 3 heterocycles. The van der Waals surface area contributed by atoms with E-state index >= 15 is 0 Å². The molecule has 0 bridgehead atoms. The highest BCUT2D eigenvalue weighted by Crippen LogP contribution is 2.23. The second-order valence-electron chi connectivity index (χ2n) is 7.12. The highest BCUT2D eigenvalue weighted by Gasteiger charge is 2.31. The van der Waals surface area contributed by atoms with Crippen molar-refractivity contribution in [2.75, 3.05) is 49.1 Å². The van der Waals surface area contributed by atoms with Crippen molar-refractivity contribution in [2.24, 2.45) is 5.92 Å². The highest BCUT2D eigenvalue weighted by molar-refractivity contribution is 5.80. The van der Waals surface area contributed by atoms with Crippen molar-refractivity contribution >= 4 is 17.5 Å².